The summed E-state index contributed by atoms with van der Waals surface area (Å²) in [5.41, 5.74) is -0.623. The van der Waals surface area contributed by atoms with E-state index in [9.17, 15) is 19.2 Å². The van der Waals surface area contributed by atoms with Gasteiger partial charge in [-0.25, -0.2) is 9.59 Å². The van der Waals surface area contributed by atoms with Crippen molar-refractivity contribution in [2.24, 2.45) is 0 Å². The Balaban J connectivity index is 2.14. The summed E-state index contributed by atoms with van der Waals surface area (Å²) in [7, 11) is 2.68. The van der Waals surface area contributed by atoms with Crippen LogP contribution in [0.1, 0.15) is 27.1 Å². The number of hydrogen-bond donors (Lipinski definition) is 2. The zero-order valence-electron chi connectivity index (χ0n) is 15.3. The zero-order chi connectivity index (χ0) is 21.6. The number of carbonyl (C=O) groups is 4. The van der Waals surface area contributed by atoms with Gasteiger partial charge >= 0.3 is 23.9 Å². The Morgan fingerprint density at radius 1 is 0.724 bits per heavy atom. The summed E-state index contributed by atoms with van der Waals surface area (Å²) in [6.45, 7) is 0. The van der Waals surface area contributed by atoms with Crippen molar-refractivity contribution in [1.29, 1.82) is 0 Å². The first-order valence-electron chi connectivity index (χ1n) is 7.99. The van der Waals surface area contributed by atoms with E-state index in [2.05, 4.69) is 0 Å². The highest BCUT2D eigenvalue weighted by molar-refractivity contribution is 5.97. The number of ether oxygens (including phenoxy) is 4. The van der Waals surface area contributed by atoms with Crippen molar-refractivity contribution in [3.05, 3.63) is 47.5 Å². The molecule has 0 aromatic heterocycles. The number of benzene rings is 2. The Hall–Kier alpha value is -4.08. The summed E-state index contributed by atoms with van der Waals surface area (Å²) in [5.74, 6) is -5.06. The first-order valence-corrected chi connectivity index (χ1v) is 7.99. The van der Waals surface area contributed by atoms with Crippen molar-refractivity contribution >= 4 is 23.9 Å². The van der Waals surface area contributed by atoms with E-state index in [1.54, 1.807) is 0 Å². The molecule has 0 radical (unpaired) electrons. The second-order valence-corrected chi connectivity index (χ2v) is 5.46. The van der Waals surface area contributed by atoms with Crippen molar-refractivity contribution in [3.63, 3.8) is 0 Å². The van der Waals surface area contributed by atoms with E-state index in [1.165, 1.54) is 50.6 Å². The quantitative estimate of drug-likeness (QED) is 0.380. The van der Waals surface area contributed by atoms with Gasteiger partial charge in [0.15, 0.2) is 0 Å². The Morgan fingerprint density at radius 3 is 1.41 bits per heavy atom. The first-order chi connectivity index (χ1) is 13.7. The maximum absolute atomic E-state index is 12.0. The van der Waals surface area contributed by atoms with Crippen molar-refractivity contribution in [2.45, 2.75) is 6.42 Å². The van der Waals surface area contributed by atoms with Gasteiger partial charge in [0.2, 0.25) is 0 Å². The fourth-order valence-corrected chi connectivity index (χ4v) is 2.22. The minimum atomic E-state index is -1.35. The predicted octanol–water partition coefficient (Wildman–Crippen LogP) is 2.00. The van der Waals surface area contributed by atoms with Gasteiger partial charge in [-0.1, -0.05) is 0 Å². The first kappa shape index (κ1) is 21.2. The molecule has 2 rings (SSSR count). The molecule has 0 unspecified atom stereocenters. The van der Waals surface area contributed by atoms with Crippen LogP contribution in [0.5, 0.6) is 23.0 Å². The lowest BCUT2D eigenvalue weighted by Crippen LogP contribution is -2.20. The van der Waals surface area contributed by atoms with Gasteiger partial charge in [0.05, 0.1) is 14.2 Å². The van der Waals surface area contributed by atoms with Gasteiger partial charge in [0.1, 0.15) is 40.5 Å². The minimum absolute atomic E-state index is 0.239. The smallest absolute Gasteiger partial charge is 0.339 e. The number of methoxy groups -OCH3 is 2. The fourth-order valence-electron chi connectivity index (χ4n) is 2.22. The molecular weight excluding hydrogens is 388 g/mol. The second kappa shape index (κ2) is 9.22. The topological polar surface area (TPSA) is 146 Å². The molecule has 2 aromatic carbocycles. The molecule has 10 heteroatoms. The summed E-state index contributed by atoms with van der Waals surface area (Å²) >= 11 is 0. The number of esters is 2. The van der Waals surface area contributed by atoms with E-state index in [-0.39, 0.29) is 34.1 Å². The molecule has 2 aromatic rings. The van der Waals surface area contributed by atoms with Crippen molar-refractivity contribution in [3.8, 4) is 23.0 Å². The van der Waals surface area contributed by atoms with Crippen LogP contribution >= 0.6 is 0 Å². The minimum Gasteiger partial charge on any atom is -0.497 e. The van der Waals surface area contributed by atoms with E-state index in [0.29, 0.717) is 0 Å². The van der Waals surface area contributed by atoms with Crippen LogP contribution in [0.4, 0.5) is 0 Å². The molecule has 29 heavy (non-hydrogen) atoms. The third kappa shape index (κ3) is 5.45. The van der Waals surface area contributed by atoms with Gasteiger partial charge in [0.25, 0.3) is 0 Å². The molecular formula is C19H16O10. The molecule has 0 amide bonds. The highest BCUT2D eigenvalue weighted by Crippen LogP contribution is 2.27. The van der Waals surface area contributed by atoms with Crippen LogP contribution in [0.15, 0.2) is 36.4 Å². The lowest BCUT2D eigenvalue weighted by Gasteiger charge is -2.11. The number of hydrogen-bond acceptors (Lipinski definition) is 8. The molecule has 2 N–H and O–H groups in total. The van der Waals surface area contributed by atoms with E-state index in [0.717, 1.165) is 0 Å². The normalized spacial score (nSPS) is 10.0. The van der Waals surface area contributed by atoms with Crippen LogP contribution in [0.3, 0.4) is 0 Å². The van der Waals surface area contributed by atoms with E-state index in [4.69, 9.17) is 29.2 Å². The molecule has 0 fully saturated rings. The lowest BCUT2D eigenvalue weighted by atomic mass is 10.2. The van der Waals surface area contributed by atoms with Crippen LogP contribution in [-0.2, 0) is 9.59 Å². The maximum Gasteiger partial charge on any atom is 0.339 e. The van der Waals surface area contributed by atoms with Crippen LogP contribution in [-0.4, -0.2) is 48.3 Å². The number of carboxylic acid groups (broad SMARTS) is 2. The number of carboxylic acids is 2. The van der Waals surface area contributed by atoms with Gasteiger partial charge in [-0.3, -0.25) is 9.59 Å². The molecule has 0 aliphatic heterocycles. The highest BCUT2D eigenvalue weighted by Gasteiger charge is 2.21. The van der Waals surface area contributed by atoms with Crippen LogP contribution < -0.4 is 18.9 Å². The average Bonchev–Trinajstić information content (AvgIpc) is 2.66. The number of rotatable bonds is 8. The molecule has 0 bridgehead atoms. The standard InChI is InChI=1S/C19H16O10/c1-26-10-3-5-12(18(22)23)14(7-10)28-16(20)9-17(21)29-15-8-11(27-2)4-6-13(15)19(24)25/h3-8H,9H2,1-2H3,(H,22,23)(H,24,25). The van der Waals surface area contributed by atoms with Gasteiger partial charge in [-0.15, -0.1) is 0 Å². The summed E-state index contributed by atoms with van der Waals surface area (Å²) in [5, 5.41) is 18.3. The van der Waals surface area contributed by atoms with Gasteiger partial charge in [0, 0.05) is 12.1 Å². The van der Waals surface area contributed by atoms with Gasteiger partial charge < -0.3 is 29.2 Å². The Kier molecular flexibility index (Phi) is 6.75. The molecule has 152 valence electrons. The summed E-state index contributed by atoms with van der Waals surface area (Å²) in [6.07, 6.45) is -0.896. The third-order valence-electron chi connectivity index (χ3n) is 3.57. The molecule has 10 nitrogen and oxygen atoms in total. The molecule has 0 heterocycles. The average molecular weight is 404 g/mol. The van der Waals surface area contributed by atoms with Gasteiger partial charge in [-0.05, 0) is 24.3 Å². The Bertz CT molecular complexity index is 886. The van der Waals surface area contributed by atoms with Crippen LogP contribution in [0.2, 0.25) is 0 Å². The molecule has 0 spiro atoms. The largest absolute Gasteiger partial charge is 0.497 e. The number of aromatic carboxylic acids is 2. The maximum atomic E-state index is 12.0. The SMILES string of the molecule is COc1ccc(C(=O)O)c(OC(=O)CC(=O)Oc2cc(OC)ccc2C(=O)O)c1. The number of carbonyl (C=O) groups excluding carboxylic acids is 2. The Morgan fingerprint density at radius 2 is 1.10 bits per heavy atom. The van der Waals surface area contributed by atoms with E-state index < -0.39 is 30.3 Å². The fraction of sp³-hybridized carbons (Fsp3) is 0.158. The molecule has 0 saturated carbocycles. The molecule has 0 atom stereocenters. The summed E-state index contributed by atoms with van der Waals surface area (Å²) in [6, 6.07) is 7.44. The van der Waals surface area contributed by atoms with Crippen LogP contribution in [0.25, 0.3) is 0 Å². The van der Waals surface area contributed by atoms with Gasteiger partial charge in [-0.2, -0.15) is 0 Å². The predicted molar refractivity (Wildman–Crippen MR) is 95.8 cm³/mol. The Labute approximate surface area is 164 Å². The van der Waals surface area contributed by atoms with E-state index in [1.807, 2.05) is 0 Å². The van der Waals surface area contributed by atoms with Crippen LogP contribution in [0, 0.1) is 0 Å². The molecule has 0 aliphatic carbocycles. The summed E-state index contributed by atoms with van der Waals surface area (Å²) < 4.78 is 19.8. The van der Waals surface area contributed by atoms with Crippen molar-refractivity contribution < 1.29 is 48.3 Å². The molecule has 0 aliphatic rings. The molecule has 0 saturated heterocycles. The summed E-state index contributed by atoms with van der Waals surface area (Å²) in [4.78, 5) is 46.5. The second-order valence-electron chi connectivity index (χ2n) is 5.46. The monoisotopic (exact) mass is 404 g/mol. The van der Waals surface area contributed by atoms with Crippen molar-refractivity contribution in [1.82, 2.24) is 0 Å². The van der Waals surface area contributed by atoms with Crippen molar-refractivity contribution in [2.75, 3.05) is 14.2 Å². The zero-order valence-corrected chi connectivity index (χ0v) is 15.3. The highest BCUT2D eigenvalue weighted by atomic mass is 16.6. The lowest BCUT2D eigenvalue weighted by molar-refractivity contribution is -0.144. The van der Waals surface area contributed by atoms with E-state index >= 15 is 0 Å². The third-order valence-corrected chi connectivity index (χ3v) is 3.57.